The molecule has 124 valence electrons. The van der Waals surface area contributed by atoms with Crippen LogP contribution in [0.15, 0.2) is 6.20 Å². The Labute approximate surface area is 138 Å². The number of carbonyl (C=O) groups is 1. The van der Waals surface area contributed by atoms with Crippen LogP contribution in [-0.2, 0) is 0 Å². The zero-order chi connectivity index (χ0) is 14.8. The molecule has 2 heterocycles. The molecule has 0 aromatic carbocycles. The van der Waals surface area contributed by atoms with Crippen molar-refractivity contribution in [2.24, 2.45) is 0 Å². The molecule has 1 aromatic heterocycles. The fourth-order valence-corrected chi connectivity index (χ4v) is 3.24. The molecule has 0 radical (unpaired) electrons. The van der Waals surface area contributed by atoms with Crippen molar-refractivity contribution in [3.05, 3.63) is 11.9 Å². The van der Waals surface area contributed by atoms with Gasteiger partial charge in [0.05, 0.1) is 12.2 Å². The Morgan fingerprint density at radius 2 is 2.00 bits per heavy atom. The fourth-order valence-electron chi connectivity index (χ4n) is 3.24. The summed E-state index contributed by atoms with van der Waals surface area (Å²) in [7, 11) is 0. The third-order valence-electron chi connectivity index (χ3n) is 4.67. The van der Waals surface area contributed by atoms with Crippen LogP contribution in [0, 0.1) is 0 Å². The normalized spacial score (nSPS) is 19.6. The van der Waals surface area contributed by atoms with Gasteiger partial charge in [-0.1, -0.05) is 5.21 Å². The van der Waals surface area contributed by atoms with E-state index in [1.807, 2.05) is 15.8 Å². The third kappa shape index (κ3) is 3.43. The molecule has 1 aromatic rings. The van der Waals surface area contributed by atoms with E-state index in [0.717, 1.165) is 38.8 Å². The number of nitrogens with zero attached hydrogens (tertiary/aromatic N) is 4. The van der Waals surface area contributed by atoms with Crippen LogP contribution in [0.1, 0.15) is 62.5 Å². The van der Waals surface area contributed by atoms with Gasteiger partial charge < -0.3 is 10.2 Å². The lowest BCUT2D eigenvalue weighted by atomic mass is 9.90. The molecule has 2 aliphatic rings. The predicted octanol–water partition coefficient (Wildman–Crippen LogP) is 2.03. The Hall–Kier alpha value is -1.14. The topological polar surface area (TPSA) is 63.1 Å². The smallest absolute Gasteiger partial charge is 0.276 e. The van der Waals surface area contributed by atoms with Crippen molar-refractivity contribution < 1.29 is 4.79 Å². The van der Waals surface area contributed by atoms with Crippen molar-refractivity contribution in [1.82, 2.24) is 25.2 Å². The van der Waals surface area contributed by atoms with Crippen LogP contribution in [0.3, 0.4) is 0 Å². The van der Waals surface area contributed by atoms with Crippen molar-refractivity contribution in [2.45, 2.75) is 64.1 Å². The molecule has 22 heavy (non-hydrogen) atoms. The maximum atomic E-state index is 12.7. The van der Waals surface area contributed by atoms with Gasteiger partial charge in [-0.3, -0.25) is 4.79 Å². The standard InChI is InChI=1S/C15H25N5O.ClH/c1-11(2)20(13-4-3-5-13)15(21)14-10-19(18-17-14)12-6-8-16-9-7-12;/h10-13,16H,3-9H2,1-2H3;1H. The average molecular weight is 328 g/mol. The highest BCUT2D eigenvalue weighted by Crippen LogP contribution is 2.28. The van der Waals surface area contributed by atoms with E-state index in [0.29, 0.717) is 17.8 Å². The second-order valence-corrected chi connectivity index (χ2v) is 6.46. The first-order valence-corrected chi connectivity index (χ1v) is 8.12. The van der Waals surface area contributed by atoms with Gasteiger partial charge in [0.1, 0.15) is 0 Å². The van der Waals surface area contributed by atoms with Gasteiger partial charge in [0.15, 0.2) is 5.69 Å². The average Bonchev–Trinajstić information content (AvgIpc) is 2.92. The summed E-state index contributed by atoms with van der Waals surface area (Å²) < 4.78 is 1.88. The summed E-state index contributed by atoms with van der Waals surface area (Å²) >= 11 is 0. The molecular formula is C15H26ClN5O. The molecule has 1 amide bonds. The van der Waals surface area contributed by atoms with Gasteiger partial charge in [-0.25, -0.2) is 4.68 Å². The van der Waals surface area contributed by atoms with E-state index in [-0.39, 0.29) is 24.4 Å². The van der Waals surface area contributed by atoms with Crippen LogP contribution in [0.4, 0.5) is 0 Å². The second kappa shape index (κ2) is 7.42. The molecule has 1 aliphatic carbocycles. The van der Waals surface area contributed by atoms with Crippen molar-refractivity contribution >= 4 is 18.3 Å². The van der Waals surface area contributed by atoms with E-state index < -0.39 is 0 Å². The first kappa shape index (κ1) is 17.2. The molecule has 1 saturated heterocycles. The largest absolute Gasteiger partial charge is 0.332 e. The molecule has 1 saturated carbocycles. The molecule has 2 fully saturated rings. The van der Waals surface area contributed by atoms with Crippen LogP contribution in [-0.4, -0.2) is 51.0 Å². The van der Waals surface area contributed by atoms with E-state index in [2.05, 4.69) is 29.5 Å². The molecule has 0 spiro atoms. The van der Waals surface area contributed by atoms with Crippen molar-refractivity contribution in [3.63, 3.8) is 0 Å². The number of amides is 1. The van der Waals surface area contributed by atoms with Crippen molar-refractivity contribution in [1.29, 1.82) is 0 Å². The van der Waals surface area contributed by atoms with Crippen LogP contribution < -0.4 is 5.32 Å². The maximum absolute atomic E-state index is 12.7. The Morgan fingerprint density at radius 3 is 2.55 bits per heavy atom. The summed E-state index contributed by atoms with van der Waals surface area (Å²) in [5.41, 5.74) is 0.495. The minimum Gasteiger partial charge on any atom is -0.332 e. The first-order valence-electron chi connectivity index (χ1n) is 8.12. The number of aromatic nitrogens is 3. The Bertz CT molecular complexity index is 494. The minimum atomic E-state index is 0. The minimum absolute atomic E-state index is 0. The Kier molecular flexibility index (Phi) is 5.81. The van der Waals surface area contributed by atoms with Gasteiger partial charge >= 0.3 is 0 Å². The summed E-state index contributed by atoms with van der Waals surface area (Å²) in [5.74, 6) is 0.0369. The second-order valence-electron chi connectivity index (χ2n) is 6.46. The highest BCUT2D eigenvalue weighted by atomic mass is 35.5. The van der Waals surface area contributed by atoms with Crippen LogP contribution in [0.2, 0.25) is 0 Å². The highest BCUT2D eigenvalue weighted by molar-refractivity contribution is 5.92. The first-order chi connectivity index (χ1) is 10.2. The summed E-state index contributed by atoms with van der Waals surface area (Å²) in [4.78, 5) is 14.7. The summed E-state index contributed by atoms with van der Waals surface area (Å²) in [6.45, 7) is 6.17. The predicted molar refractivity (Wildman–Crippen MR) is 87.4 cm³/mol. The number of halogens is 1. The quantitative estimate of drug-likeness (QED) is 0.919. The van der Waals surface area contributed by atoms with Crippen molar-refractivity contribution in [2.75, 3.05) is 13.1 Å². The summed E-state index contributed by atoms with van der Waals surface area (Å²) in [6.07, 6.45) is 7.40. The fraction of sp³-hybridized carbons (Fsp3) is 0.800. The Morgan fingerprint density at radius 1 is 1.32 bits per heavy atom. The van der Waals surface area contributed by atoms with Crippen LogP contribution in [0.25, 0.3) is 0 Å². The van der Waals surface area contributed by atoms with E-state index in [1.54, 1.807) is 0 Å². The highest BCUT2D eigenvalue weighted by Gasteiger charge is 2.32. The zero-order valence-corrected chi connectivity index (χ0v) is 14.2. The SMILES string of the molecule is CC(C)N(C(=O)c1cn(C2CCNCC2)nn1)C1CCC1.Cl. The number of hydrogen-bond donors (Lipinski definition) is 1. The van der Waals surface area contributed by atoms with Gasteiger partial charge in [-0.15, -0.1) is 17.5 Å². The lowest BCUT2D eigenvalue weighted by molar-refractivity contribution is 0.0483. The zero-order valence-electron chi connectivity index (χ0n) is 13.4. The number of piperidine rings is 1. The molecule has 0 bridgehead atoms. The maximum Gasteiger partial charge on any atom is 0.276 e. The van der Waals surface area contributed by atoms with E-state index in [4.69, 9.17) is 0 Å². The van der Waals surface area contributed by atoms with Gasteiger partial charge in [-0.2, -0.15) is 0 Å². The molecule has 6 nitrogen and oxygen atoms in total. The van der Waals surface area contributed by atoms with Gasteiger partial charge in [-0.05, 0) is 59.0 Å². The van der Waals surface area contributed by atoms with Gasteiger partial charge in [0.2, 0.25) is 0 Å². The monoisotopic (exact) mass is 327 g/mol. The molecule has 7 heteroatoms. The Balaban J connectivity index is 0.00000176. The number of nitrogens with one attached hydrogen (secondary N) is 1. The van der Waals surface area contributed by atoms with Crippen LogP contribution in [0.5, 0.6) is 0 Å². The molecular weight excluding hydrogens is 302 g/mol. The van der Waals surface area contributed by atoms with Crippen molar-refractivity contribution in [3.8, 4) is 0 Å². The van der Waals surface area contributed by atoms with E-state index in [1.165, 1.54) is 6.42 Å². The van der Waals surface area contributed by atoms with Crippen LogP contribution >= 0.6 is 12.4 Å². The molecule has 3 rings (SSSR count). The summed E-state index contributed by atoms with van der Waals surface area (Å²) in [6, 6.07) is 0.977. The number of carbonyl (C=O) groups excluding carboxylic acids is 1. The van der Waals surface area contributed by atoms with Gasteiger partial charge in [0.25, 0.3) is 5.91 Å². The number of rotatable bonds is 4. The van der Waals surface area contributed by atoms with Gasteiger partial charge in [0, 0.05) is 12.1 Å². The lowest BCUT2D eigenvalue weighted by Gasteiger charge is -2.39. The molecule has 0 atom stereocenters. The van der Waals surface area contributed by atoms with E-state index in [9.17, 15) is 4.79 Å². The lowest BCUT2D eigenvalue weighted by Crippen LogP contribution is -2.48. The molecule has 0 unspecified atom stereocenters. The molecule has 1 aliphatic heterocycles. The van der Waals surface area contributed by atoms with E-state index >= 15 is 0 Å². The number of hydrogen-bond acceptors (Lipinski definition) is 4. The summed E-state index contributed by atoms with van der Waals surface area (Å²) in [5, 5.41) is 11.7. The molecule has 1 N–H and O–H groups in total. The third-order valence-corrected chi connectivity index (χ3v) is 4.67.